The van der Waals surface area contributed by atoms with E-state index in [2.05, 4.69) is 0 Å². The Morgan fingerprint density at radius 3 is 2.36 bits per heavy atom. The average molecular weight is 293 g/mol. The first-order chi connectivity index (χ1) is 10.7. The zero-order chi connectivity index (χ0) is 15.4. The van der Waals surface area contributed by atoms with Gasteiger partial charge in [-0.05, 0) is 18.1 Å². The highest BCUT2D eigenvalue weighted by molar-refractivity contribution is 5.91. The van der Waals surface area contributed by atoms with E-state index in [4.69, 9.17) is 4.74 Å². The molecule has 112 valence electrons. The highest BCUT2D eigenvalue weighted by atomic mass is 16.5. The number of benzene rings is 2. The summed E-state index contributed by atoms with van der Waals surface area (Å²) in [7, 11) is 0. The van der Waals surface area contributed by atoms with Crippen LogP contribution in [0.1, 0.15) is 24.1 Å². The van der Waals surface area contributed by atoms with Crippen LogP contribution >= 0.6 is 0 Å². The summed E-state index contributed by atoms with van der Waals surface area (Å²) < 4.78 is 5.77. The number of ether oxygens (including phenoxy) is 1. The lowest BCUT2D eigenvalue weighted by molar-refractivity contribution is -0.126. The van der Waals surface area contributed by atoms with Crippen molar-refractivity contribution in [3.63, 3.8) is 0 Å². The monoisotopic (exact) mass is 293 g/mol. The minimum Gasteiger partial charge on any atom is -0.491 e. The Labute approximate surface area is 130 Å². The maximum Gasteiger partial charge on any atom is 0.250 e. The normalized spacial score (nSPS) is 15.6. The van der Waals surface area contributed by atoms with Crippen LogP contribution in [0.15, 0.2) is 72.5 Å². The number of rotatable bonds is 5. The Kier molecular flexibility index (Phi) is 4.24. The minimum atomic E-state index is 0.0133. The van der Waals surface area contributed by atoms with Gasteiger partial charge in [0.15, 0.2) is 0 Å². The maximum atomic E-state index is 12.2. The fourth-order valence-corrected chi connectivity index (χ4v) is 2.59. The topological polar surface area (TPSA) is 29.5 Å². The fraction of sp³-hybridized carbons (Fsp3) is 0.211. The summed E-state index contributed by atoms with van der Waals surface area (Å²) in [5, 5.41) is 0. The number of carbonyl (C=O) groups is 1. The van der Waals surface area contributed by atoms with Crippen LogP contribution in [0.25, 0.3) is 0 Å². The molecule has 1 aliphatic heterocycles. The first-order valence-corrected chi connectivity index (χ1v) is 7.47. The van der Waals surface area contributed by atoms with E-state index in [1.54, 1.807) is 6.08 Å². The van der Waals surface area contributed by atoms with Gasteiger partial charge in [-0.1, -0.05) is 60.7 Å². The van der Waals surface area contributed by atoms with Gasteiger partial charge in [0.2, 0.25) is 0 Å². The van der Waals surface area contributed by atoms with Crippen molar-refractivity contribution in [2.75, 3.05) is 6.54 Å². The van der Waals surface area contributed by atoms with E-state index in [1.807, 2.05) is 72.5 Å². The van der Waals surface area contributed by atoms with Crippen LogP contribution in [0.2, 0.25) is 0 Å². The molecule has 3 nitrogen and oxygen atoms in total. The molecule has 0 aromatic heterocycles. The highest BCUT2D eigenvalue weighted by Gasteiger charge is 2.27. The van der Waals surface area contributed by atoms with Crippen molar-refractivity contribution in [1.29, 1.82) is 0 Å². The lowest BCUT2D eigenvalue weighted by Gasteiger charge is -2.25. The fourth-order valence-electron chi connectivity index (χ4n) is 2.59. The molecule has 0 saturated heterocycles. The first-order valence-electron chi connectivity index (χ1n) is 7.47. The third-order valence-electron chi connectivity index (χ3n) is 3.91. The van der Waals surface area contributed by atoms with Crippen molar-refractivity contribution in [3.8, 4) is 0 Å². The molecule has 1 atom stereocenters. The van der Waals surface area contributed by atoms with Gasteiger partial charge < -0.3 is 9.64 Å². The zero-order valence-corrected chi connectivity index (χ0v) is 12.6. The van der Waals surface area contributed by atoms with Gasteiger partial charge in [0.25, 0.3) is 5.91 Å². The molecule has 0 N–H and O–H groups in total. The van der Waals surface area contributed by atoms with E-state index in [0.717, 1.165) is 16.9 Å². The molecule has 0 aliphatic carbocycles. The van der Waals surface area contributed by atoms with Crippen LogP contribution in [0.4, 0.5) is 0 Å². The quantitative estimate of drug-likeness (QED) is 0.841. The highest BCUT2D eigenvalue weighted by Crippen LogP contribution is 2.25. The average Bonchev–Trinajstić information content (AvgIpc) is 2.95. The van der Waals surface area contributed by atoms with E-state index >= 15 is 0 Å². The van der Waals surface area contributed by atoms with Crippen molar-refractivity contribution in [1.82, 2.24) is 4.90 Å². The Balaban J connectivity index is 1.61. The second-order valence-electron chi connectivity index (χ2n) is 5.44. The van der Waals surface area contributed by atoms with Crippen LogP contribution in [0, 0.1) is 0 Å². The molecule has 1 heterocycles. The molecule has 22 heavy (non-hydrogen) atoms. The molecule has 2 aromatic rings. The molecule has 0 radical (unpaired) electrons. The van der Waals surface area contributed by atoms with Gasteiger partial charge in [-0.2, -0.15) is 0 Å². The molecular formula is C19H19NO2. The van der Waals surface area contributed by atoms with Crippen molar-refractivity contribution >= 4 is 5.91 Å². The van der Waals surface area contributed by atoms with Gasteiger partial charge in [0, 0.05) is 6.08 Å². The second-order valence-corrected chi connectivity index (χ2v) is 5.44. The summed E-state index contributed by atoms with van der Waals surface area (Å²) in [6.45, 7) is 3.07. The van der Waals surface area contributed by atoms with E-state index < -0.39 is 0 Å². The molecule has 0 saturated carbocycles. The standard InChI is InChI=1S/C19H19NO2/c1-15(17-10-6-3-7-11-17)20-13-18(12-19(20)21)22-14-16-8-4-2-5-9-16/h2-12,15H,13-14H2,1H3. The van der Waals surface area contributed by atoms with Crippen molar-refractivity contribution < 1.29 is 9.53 Å². The Bertz CT molecular complexity index is 664. The molecular weight excluding hydrogens is 274 g/mol. The maximum absolute atomic E-state index is 12.2. The third-order valence-corrected chi connectivity index (χ3v) is 3.91. The van der Waals surface area contributed by atoms with Crippen LogP contribution in [0.5, 0.6) is 0 Å². The molecule has 2 aromatic carbocycles. The molecule has 0 bridgehead atoms. The van der Waals surface area contributed by atoms with Crippen molar-refractivity contribution in [3.05, 3.63) is 83.6 Å². The van der Waals surface area contributed by atoms with Gasteiger partial charge in [-0.3, -0.25) is 4.79 Å². The largest absolute Gasteiger partial charge is 0.491 e. The predicted octanol–water partition coefficient (Wildman–Crippen LogP) is 3.69. The van der Waals surface area contributed by atoms with Crippen molar-refractivity contribution in [2.45, 2.75) is 19.6 Å². The summed E-state index contributed by atoms with van der Waals surface area (Å²) in [5.74, 6) is 0.746. The molecule has 0 fully saturated rings. The van der Waals surface area contributed by atoms with Crippen LogP contribution in [-0.4, -0.2) is 17.4 Å². The molecule has 0 spiro atoms. The predicted molar refractivity (Wildman–Crippen MR) is 85.9 cm³/mol. The Morgan fingerprint density at radius 1 is 1.05 bits per heavy atom. The van der Waals surface area contributed by atoms with Crippen molar-refractivity contribution in [2.24, 2.45) is 0 Å². The smallest absolute Gasteiger partial charge is 0.250 e. The van der Waals surface area contributed by atoms with Crippen LogP contribution in [0.3, 0.4) is 0 Å². The van der Waals surface area contributed by atoms with Crippen LogP contribution < -0.4 is 0 Å². The SMILES string of the molecule is CC(c1ccccc1)N1CC(OCc2ccccc2)=CC1=O. The van der Waals surface area contributed by atoms with E-state index in [0.29, 0.717) is 13.2 Å². The van der Waals surface area contributed by atoms with Gasteiger partial charge >= 0.3 is 0 Å². The first kappa shape index (κ1) is 14.4. The number of carbonyl (C=O) groups excluding carboxylic acids is 1. The lowest BCUT2D eigenvalue weighted by atomic mass is 10.1. The molecule has 3 rings (SSSR count). The Hall–Kier alpha value is -2.55. The van der Waals surface area contributed by atoms with Gasteiger partial charge in [-0.25, -0.2) is 0 Å². The molecule has 1 unspecified atom stereocenters. The van der Waals surface area contributed by atoms with Gasteiger partial charge in [0.1, 0.15) is 12.4 Å². The van der Waals surface area contributed by atoms with Gasteiger partial charge in [0.05, 0.1) is 12.6 Å². The van der Waals surface area contributed by atoms with E-state index in [1.165, 1.54) is 0 Å². The zero-order valence-electron chi connectivity index (χ0n) is 12.6. The third kappa shape index (κ3) is 3.19. The molecule has 1 amide bonds. The lowest BCUT2D eigenvalue weighted by Crippen LogP contribution is -2.29. The summed E-state index contributed by atoms with van der Waals surface area (Å²) >= 11 is 0. The number of nitrogens with zero attached hydrogens (tertiary/aromatic N) is 1. The summed E-state index contributed by atoms with van der Waals surface area (Å²) in [6.07, 6.45) is 1.60. The summed E-state index contributed by atoms with van der Waals surface area (Å²) in [4.78, 5) is 14.0. The van der Waals surface area contributed by atoms with Crippen LogP contribution in [-0.2, 0) is 16.1 Å². The Morgan fingerprint density at radius 2 is 1.68 bits per heavy atom. The number of hydrogen-bond donors (Lipinski definition) is 0. The summed E-state index contributed by atoms with van der Waals surface area (Å²) in [6, 6.07) is 20.1. The minimum absolute atomic E-state index is 0.0133. The van der Waals surface area contributed by atoms with Gasteiger partial charge in [-0.15, -0.1) is 0 Å². The summed E-state index contributed by atoms with van der Waals surface area (Å²) in [5.41, 5.74) is 2.24. The van der Waals surface area contributed by atoms with E-state index in [-0.39, 0.29) is 11.9 Å². The number of amides is 1. The molecule has 1 aliphatic rings. The number of hydrogen-bond acceptors (Lipinski definition) is 2. The molecule has 3 heteroatoms. The second kappa shape index (κ2) is 6.48. The van der Waals surface area contributed by atoms with E-state index in [9.17, 15) is 4.79 Å².